The molecule has 0 aliphatic carbocycles. The number of likely N-dealkylation sites (N-methyl/N-ethyl adjacent to an activating group) is 1. The van der Waals surface area contributed by atoms with Gasteiger partial charge in [0, 0.05) is 29.2 Å². The summed E-state index contributed by atoms with van der Waals surface area (Å²) in [7, 11) is 4.01. The van der Waals surface area contributed by atoms with Crippen LogP contribution < -0.4 is 5.32 Å². The van der Waals surface area contributed by atoms with Gasteiger partial charge in [-0.25, -0.2) is 4.39 Å². The molecule has 5 heteroatoms. The van der Waals surface area contributed by atoms with Crippen LogP contribution in [0.15, 0.2) is 12.1 Å². The van der Waals surface area contributed by atoms with Crippen LogP contribution >= 0.6 is 23.2 Å². The maximum absolute atomic E-state index is 13.4. The van der Waals surface area contributed by atoms with Crippen LogP contribution in [0, 0.1) is 5.82 Å². The molecular formula is C13H19Cl2FN2. The van der Waals surface area contributed by atoms with Gasteiger partial charge in [0.05, 0.1) is 5.02 Å². The van der Waals surface area contributed by atoms with Gasteiger partial charge in [0.15, 0.2) is 0 Å². The van der Waals surface area contributed by atoms with Gasteiger partial charge in [-0.15, -0.1) is 0 Å². The maximum Gasteiger partial charge on any atom is 0.142 e. The molecular weight excluding hydrogens is 274 g/mol. The molecule has 0 amide bonds. The molecule has 0 aliphatic heterocycles. The van der Waals surface area contributed by atoms with Crippen molar-refractivity contribution in [2.24, 2.45) is 0 Å². The van der Waals surface area contributed by atoms with E-state index in [0.717, 1.165) is 6.54 Å². The lowest BCUT2D eigenvalue weighted by Gasteiger charge is -2.24. The lowest BCUT2D eigenvalue weighted by molar-refractivity contribution is 0.334. The van der Waals surface area contributed by atoms with Crippen molar-refractivity contribution in [3.05, 3.63) is 33.6 Å². The molecule has 102 valence electrons. The van der Waals surface area contributed by atoms with Crippen LogP contribution in [-0.4, -0.2) is 31.6 Å². The van der Waals surface area contributed by atoms with Crippen molar-refractivity contribution in [2.45, 2.75) is 25.9 Å². The largest absolute Gasteiger partial charge is 0.308 e. The zero-order chi connectivity index (χ0) is 13.9. The first-order valence-corrected chi connectivity index (χ1v) is 6.62. The van der Waals surface area contributed by atoms with Gasteiger partial charge in [-0.05, 0) is 40.1 Å². The fourth-order valence-electron chi connectivity index (χ4n) is 2.05. The highest BCUT2D eigenvalue weighted by molar-refractivity contribution is 6.36. The van der Waals surface area contributed by atoms with Crippen molar-refractivity contribution in [1.29, 1.82) is 0 Å². The van der Waals surface area contributed by atoms with Crippen LogP contribution in [-0.2, 0) is 0 Å². The Hall–Kier alpha value is -0.350. The molecule has 2 atom stereocenters. The average Bonchev–Trinajstić information content (AvgIpc) is 2.22. The Kier molecular flexibility index (Phi) is 5.86. The summed E-state index contributed by atoms with van der Waals surface area (Å²) in [6.07, 6.45) is 0. The molecule has 0 saturated carbocycles. The molecule has 1 aromatic carbocycles. The molecule has 1 N–H and O–H groups in total. The number of benzene rings is 1. The van der Waals surface area contributed by atoms with Crippen LogP contribution in [0.4, 0.5) is 4.39 Å². The highest BCUT2D eigenvalue weighted by atomic mass is 35.5. The summed E-state index contributed by atoms with van der Waals surface area (Å²) >= 11 is 12.1. The van der Waals surface area contributed by atoms with Crippen LogP contribution in [0.25, 0.3) is 0 Å². The Labute approximate surface area is 118 Å². The first-order chi connectivity index (χ1) is 8.32. The molecule has 18 heavy (non-hydrogen) atoms. The predicted molar refractivity (Wildman–Crippen MR) is 76.0 cm³/mol. The Balaban J connectivity index is 2.84. The van der Waals surface area contributed by atoms with Crippen LogP contribution in [0.1, 0.15) is 25.5 Å². The second-order valence-corrected chi connectivity index (χ2v) is 5.59. The van der Waals surface area contributed by atoms with E-state index in [2.05, 4.69) is 17.1 Å². The average molecular weight is 293 g/mol. The third-order valence-corrected chi connectivity index (χ3v) is 3.40. The minimum atomic E-state index is -0.440. The molecule has 2 nitrogen and oxygen atoms in total. The number of nitrogens with one attached hydrogen (secondary N) is 1. The van der Waals surface area contributed by atoms with Gasteiger partial charge in [0.2, 0.25) is 0 Å². The van der Waals surface area contributed by atoms with Crippen LogP contribution in [0.5, 0.6) is 0 Å². The molecule has 0 fully saturated rings. The second-order valence-electron chi connectivity index (χ2n) is 4.81. The van der Waals surface area contributed by atoms with Gasteiger partial charge in [0.1, 0.15) is 5.82 Å². The van der Waals surface area contributed by atoms with Crippen molar-refractivity contribution in [3.8, 4) is 0 Å². The monoisotopic (exact) mass is 292 g/mol. The van der Waals surface area contributed by atoms with E-state index in [1.165, 1.54) is 12.1 Å². The van der Waals surface area contributed by atoms with Crippen molar-refractivity contribution in [3.63, 3.8) is 0 Å². The summed E-state index contributed by atoms with van der Waals surface area (Å²) in [5.41, 5.74) is 0.615. The maximum atomic E-state index is 13.4. The molecule has 0 aliphatic rings. The summed E-state index contributed by atoms with van der Waals surface area (Å²) in [5, 5.41) is 3.94. The minimum Gasteiger partial charge on any atom is -0.308 e. The first kappa shape index (κ1) is 15.7. The van der Waals surface area contributed by atoms with Gasteiger partial charge in [-0.1, -0.05) is 23.2 Å². The Morgan fingerprint density at radius 3 is 2.44 bits per heavy atom. The van der Waals surface area contributed by atoms with Crippen molar-refractivity contribution < 1.29 is 4.39 Å². The summed E-state index contributed by atoms with van der Waals surface area (Å²) in [6, 6.07) is 2.97. The molecule has 0 radical (unpaired) electrons. The van der Waals surface area contributed by atoms with Crippen LogP contribution in [0.2, 0.25) is 10.0 Å². The number of halogens is 3. The van der Waals surface area contributed by atoms with E-state index in [-0.39, 0.29) is 17.1 Å². The van der Waals surface area contributed by atoms with E-state index in [4.69, 9.17) is 23.2 Å². The lowest BCUT2D eigenvalue weighted by Crippen LogP contribution is -2.37. The zero-order valence-corrected chi connectivity index (χ0v) is 12.6. The summed E-state index contributed by atoms with van der Waals surface area (Å²) in [4.78, 5) is 2.08. The third kappa shape index (κ3) is 4.09. The van der Waals surface area contributed by atoms with Gasteiger partial charge < -0.3 is 10.2 Å². The van der Waals surface area contributed by atoms with Gasteiger partial charge in [-0.3, -0.25) is 0 Å². The molecule has 2 unspecified atom stereocenters. The molecule has 1 rings (SSSR count). The quantitative estimate of drug-likeness (QED) is 0.832. The summed E-state index contributed by atoms with van der Waals surface area (Å²) in [5.74, 6) is -0.440. The van der Waals surface area contributed by atoms with E-state index in [1.807, 2.05) is 21.0 Å². The number of nitrogens with zero attached hydrogens (tertiary/aromatic N) is 1. The molecule has 0 spiro atoms. The zero-order valence-electron chi connectivity index (χ0n) is 11.1. The fourth-order valence-corrected chi connectivity index (χ4v) is 2.75. The topological polar surface area (TPSA) is 15.3 Å². The summed E-state index contributed by atoms with van der Waals surface area (Å²) in [6.45, 7) is 4.88. The molecule has 1 aromatic rings. The minimum absolute atomic E-state index is 0.0968. The van der Waals surface area contributed by atoms with E-state index in [9.17, 15) is 4.39 Å². The van der Waals surface area contributed by atoms with Gasteiger partial charge in [0.25, 0.3) is 0 Å². The Morgan fingerprint density at radius 2 is 1.89 bits per heavy atom. The number of rotatable bonds is 5. The van der Waals surface area contributed by atoms with Crippen molar-refractivity contribution in [2.75, 3.05) is 20.6 Å². The van der Waals surface area contributed by atoms with Crippen LogP contribution in [0.3, 0.4) is 0 Å². The Bertz CT molecular complexity index is 410. The second kappa shape index (κ2) is 6.71. The lowest BCUT2D eigenvalue weighted by atomic mass is 10.1. The van der Waals surface area contributed by atoms with E-state index < -0.39 is 5.82 Å². The van der Waals surface area contributed by atoms with E-state index in [1.54, 1.807) is 0 Å². The highest BCUT2D eigenvalue weighted by Gasteiger charge is 2.18. The molecule has 0 aromatic heterocycles. The normalized spacial score (nSPS) is 14.9. The highest BCUT2D eigenvalue weighted by Crippen LogP contribution is 2.32. The predicted octanol–water partition coefficient (Wildman–Crippen LogP) is 3.73. The third-order valence-electron chi connectivity index (χ3n) is 2.69. The van der Waals surface area contributed by atoms with Crippen molar-refractivity contribution in [1.82, 2.24) is 10.2 Å². The first-order valence-electron chi connectivity index (χ1n) is 5.87. The summed E-state index contributed by atoms with van der Waals surface area (Å²) < 4.78 is 13.4. The SMILES string of the molecule is CC(CN(C)C)NC(C)c1c(Cl)ccc(F)c1Cl. The van der Waals surface area contributed by atoms with E-state index >= 15 is 0 Å². The fraction of sp³-hybridized carbons (Fsp3) is 0.538. The number of hydrogen-bond acceptors (Lipinski definition) is 2. The molecule has 0 bridgehead atoms. The van der Waals surface area contributed by atoms with E-state index in [0.29, 0.717) is 10.6 Å². The van der Waals surface area contributed by atoms with Crippen molar-refractivity contribution >= 4 is 23.2 Å². The number of hydrogen-bond donors (Lipinski definition) is 1. The molecule has 0 heterocycles. The van der Waals surface area contributed by atoms with Gasteiger partial charge >= 0.3 is 0 Å². The standard InChI is InChI=1S/C13H19Cl2FN2/c1-8(7-18(3)4)17-9(2)12-10(14)5-6-11(16)13(12)15/h5-6,8-9,17H,7H2,1-4H3. The smallest absolute Gasteiger partial charge is 0.142 e. The Morgan fingerprint density at radius 1 is 1.28 bits per heavy atom. The molecule has 0 saturated heterocycles. The van der Waals surface area contributed by atoms with Gasteiger partial charge in [-0.2, -0.15) is 0 Å².